The lowest BCUT2D eigenvalue weighted by molar-refractivity contribution is -0.119. The Morgan fingerprint density at radius 2 is 1.79 bits per heavy atom. The third-order valence-corrected chi connectivity index (χ3v) is 3.64. The molecule has 0 radical (unpaired) electrons. The topological polar surface area (TPSA) is 50.4 Å². The summed E-state index contributed by atoms with van der Waals surface area (Å²) in [6, 6.07) is 17.5. The highest BCUT2D eigenvalue weighted by atomic mass is 32.1. The van der Waals surface area contributed by atoms with Gasteiger partial charge >= 0.3 is 0 Å². The molecule has 2 rings (SSSR count). The number of nitrogens with one attached hydrogen (secondary N) is 2. The molecule has 0 aromatic heterocycles. The molecule has 2 aromatic rings. The van der Waals surface area contributed by atoms with Crippen molar-refractivity contribution in [3.05, 3.63) is 60.2 Å². The highest BCUT2D eigenvalue weighted by Gasteiger charge is 2.05. The molecule has 1 amide bonds. The van der Waals surface area contributed by atoms with Gasteiger partial charge in [-0.25, -0.2) is 0 Å². The number of anilines is 1. The fourth-order valence-electron chi connectivity index (χ4n) is 2.11. The first-order valence-electron chi connectivity index (χ1n) is 8.05. The van der Waals surface area contributed by atoms with Crippen molar-refractivity contribution in [1.29, 1.82) is 0 Å². The molecule has 0 saturated heterocycles. The van der Waals surface area contributed by atoms with E-state index in [4.69, 9.17) is 17.0 Å². The summed E-state index contributed by atoms with van der Waals surface area (Å²) >= 11 is 5.15. The van der Waals surface area contributed by atoms with Gasteiger partial charge in [-0.05, 0) is 54.9 Å². The molecule has 0 spiro atoms. The van der Waals surface area contributed by atoms with Crippen molar-refractivity contribution in [3.8, 4) is 5.75 Å². The van der Waals surface area contributed by atoms with Crippen LogP contribution < -0.4 is 15.4 Å². The van der Waals surface area contributed by atoms with Crippen molar-refractivity contribution in [2.45, 2.75) is 26.2 Å². The Labute approximate surface area is 148 Å². The first kappa shape index (κ1) is 17.9. The standard InChI is InChI=1S/C19H22N2O2S/c1-2-15-10-12-16(13-11-15)20-19(24)21-18(22)9-6-14-23-17-7-4-3-5-8-17/h3-5,7-8,10-13H,2,6,9,14H2,1H3,(H2,20,21,22,24). The zero-order valence-corrected chi connectivity index (χ0v) is 14.6. The third-order valence-electron chi connectivity index (χ3n) is 3.43. The molecule has 0 aliphatic carbocycles. The lowest BCUT2D eigenvalue weighted by Crippen LogP contribution is -2.34. The monoisotopic (exact) mass is 342 g/mol. The van der Waals surface area contributed by atoms with Crippen LogP contribution in [0.4, 0.5) is 5.69 Å². The van der Waals surface area contributed by atoms with Crippen LogP contribution in [0.25, 0.3) is 0 Å². The zero-order chi connectivity index (χ0) is 17.2. The molecule has 0 heterocycles. The minimum absolute atomic E-state index is 0.116. The van der Waals surface area contributed by atoms with Crippen LogP contribution in [-0.4, -0.2) is 17.6 Å². The van der Waals surface area contributed by atoms with Crippen LogP contribution in [0.1, 0.15) is 25.3 Å². The molecule has 0 fully saturated rings. The molecule has 4 nitrogen and oxygen atoms in total. The lowest BCUT2D eigenvalue weighted by atomic mass is 10.1. The number of benzene rings is 2. The van der Waals surface area contributed by atoms with Gasteiger partial charge in [-0.15, -0.1) is 0 Å². The van der Waals surface area contributed by atoms with Gasteiger partial charge in [0.15, 0.2) is 5.11 Å². The van der Waals surface area contributed by atoms with E-state index in [0.717, 1.165) is 17.9 Å². The first-order chi connectivity index (χ1) is 11.7. The van der Waals surface area contributed by atoms with Crippen molar-refractivity contribution < 1.29 is 9.53 Å². The number of amides is 1. The predicted octanol–water partition coefficient (Wildman–Crippen LogP) is 3.92. The van der Waals surface area contributed by atoms with Crippen LogP contribution in [0, 0.1) is 0 Å². The molecule has 0 unspecified atom stereocenters. The number of hydrogen-bond acceptors (Lipinski definition) is 3. The minimum Gasteiger partial charge on any atom is -0.494 e. The maximum Gasteiger partial charge on any atom is 0.226 e. The van der Waals surface area contributed by atoms with E-state index in [2.05, 4.69) is 17.6 Å². The number of aryl methyl sites for hydroxylation is 1. The van der Waals surface area contributed by atoms with Crippen LogP contribution in [-0.2, 0) is 11.2 Å². The van der Waals surface area contributed by atoms with Crippen molar-refractivity contribution in [1.82, 2.24) is 5.32 Å². The fourth-order valence-corrected chi connectivity index (χ4v) is 2.35. The predicted molar refractivity (Wildman–Crippen MR) is 101 cm³/mol. The fraction of sp³-hybridized carbons (Fsp3) is 0.263. The van der Waals surface area contributed by atoms with E-state index in [1.165, 1.54) is 5.56 Å². The molecule has 5 heteroatoms. The lowest BCUT2D eigenvalue weighted by Gasteiger charge is -2.10. The molecular formula is C19H22N2O2S. The van der Waals surface area contributed by atoms with Crippen molar-refractivity contribution in [2.24, 2.45) is 0 Å². The maximum atomic E-state index is 11.9. The molecule has 0 bridgehead atoms. The Kier molecular flexibility index (Phi) is 7.23. The van der Waals surface area contributed by atoms with Gasteiger partial charge in [0.2, 0.25) is 5.91 Å². The Morgan fingerprint density at radius 3 is 2.46 bits per heavy atom. The second-order valence-electron chi connectivity index (χ2n) is 5.32. The Balaban J connectivity index is 1.65. The van der Waals surface area contributed by atoms with Gasteiger partial charge in [0.25, 0.3) is 0 Å². The Bertz CT molecular complexity index is 657. The average Bonchev–Trinajstić information content (AvgIpc) is 2.60. The molecule has 2 N–H and O–H groups in total. The summed E-state index contributed by atoms with van der Waals surface area (Å²) in [6.07, 6.45) is 1.99. The molecule has 24 heavy (non-hydrogen) atoms. The quantitative estimate of drug-likeness (QED) is 0.591. The van der Waals surface area contributed by atoms with E-state index < -0.39 is 0 Å². The second-order valence-corrected chi connectivity index (χ2v) is 5.73. The van der Waals surface area contributed by atoms with Crippen molar-refractivity contribution in [3.63, 3.8) is 0 Å². The van der Waals surface area contributed by atoms with Gasteiger partial charge in [0.1, 0.15) is 5.75 Å². The van der Waals surface area contributed by atoms with Gasteiger partial charge in [-0.1, -0.05) is 37.3 Å². The number of rotatable bonds is 7. The first-order valence-corrected chi connectivity index (χ1v) is 8.46. The van der Waals surface area contributed by atoms with Gasteiger partial charge in [-0.3, -0.25) is 4.79 Å². The Hall–Kier alpha value is -2.40. The van der Waals surface area contributed by atoms with E-state index in [1.807, 2.05) is 54.6 Å². The van der Waals surface area contributed by atoms with Crippen molar-refractivity contribution >= 4 is 28.9 Å². The maximum absolute atomic E-state index is 11.9. The minimum atomic E-state index is -0.116. The Morgan fingerprint density at radius 1 is 1.08 bits per heavy atom. The largest absolute Gasteiger partial charge is 0.494 e. The SMILES string of the molecule is CCc1ccc(NC(=S)NC(=O)CCCOc2ccccc2)cc1. The van der Waals surface area contributed by atoms with E-state index in [-0.39, 0.29) is 5.91 Å². The van der Waals surface area contributed by atoms with E-state index in [1.54, 1.807) is 0 Å². The summed E-state index contributed by atoms with van der Waals surface area (Å²) in [5.74, 6) is 0.694. The van der Waals surface area contributed by atoms with E-state index in [9.17, 15) is 4.79 Å². The number of hydrogen-bond donors (Lipinski definition) is 2. The summed E-state index contributed by atoms with van der Waals surface area (Å²) in [5.41, 5.74) is 2.12. The van der Waals surface area contributed by atoms with E-state index >= 15 is 0 Å². The number of ether oxygens (including phenoxy) is 1. The van der Waals surface area contributed by atoms with Crippen molar-refractivity contribution in [2.75, 3.05) is 11.9 Å². The number of thiocarbonyl (C=S) groups is 1. The summed E-state index contributed by atoms with van der Waals surface area (Å²) in [7, 11) is 0. The number of carbonyl (C=O) groups is 1. The molecule has 0 aliphatic heterocycles. The molecule has 0 saturated carbocycles. The van der Waals surface area contributed by atoms with Gasteiger partial charge in [0.05, 0.1) is 6.61 Å². The molecule has 126 valence electrons. The van der Waals surface area contributed by atoms with Gasteiger partial charge < -0.3 is 15.4 Å². The van der Waals surface area contributed by atoms with Gasteiger partial charge in [0, 0.05) is 12.1 Å². The summed E-state index contributed by atoms with van der Waals surface area (Å²) < 4.78 is 5.55. The van der Waals surface area contributed by atoms with Crippen LogP contribution in [0.2, 0.25) is 0 Å². The number of para-hydroxylation sites is 1. The zero-order valence-electron chi connectivity index (χ0n) is 13.7. The third kappa shape index (κ3) is 6.38. The highest BCUT2D eigenvalue weighted by Crippen LogP contribution is 2.10. The number of carbonyl (C=O) groups excluding carboxylic acids is 1. The molecule has 0 aliphatic rings. The summed E-state index contributed by atoms with van der Waals surface area (Å²) in [6.45, 7) is 2.60. The molecular weight excluding hydrogens is 320 g/mol. The summed E-state index contributed by atoms with van der Waals surface area (Å²) in [5, 5.41) is 6.00. The van der Waals surface area contributed by atoms with Crippen LogP contribution in [0.3, 0.4) is 0 Å². The summed E-state index contributed by atoms with van der Waals surface area (Å²) in [4.78, 5) is 11.9. The smallest absolute Gasteiger partial charge is 0.226 e. The van der Waals surface area contributed by atoms with Gasteiger partial charge in [-0.2, -0.15) is 0 Å². The van der Waals surface area contributed by atoms with Crippen LogP contribution in [0.15, 0.2) is 54.6 Å². The molecule has 2 aromatic carbocycles. The highest BCUT2D eigenvalue weighted by molar-refractivity contribution is 7.80. The average molecular weight is 342 g/mol. The van der Waals surface area contributed by atoms with E-state index in [0.29, 0.717) is 24.6 Å². The molecule has 0 atom stereocenters. The normalized spacial score (nSPS) is 10.0. The van der Waals surface area contributed by atoms with Crippen LogP contribution in [0.5, 0.6) is 5.75 Å². The van der Waals surface area contributed by atoms with Crippen LogP contribution >= 0.6 is 12.2 Å². The second kappa shape index (κ2) is 9.67.